The third kappa shape index (κ3) is 2.06. The highest BCUT2D eigenvalue weighted by Crippen LogP contribution is 2.28. The maximum absolute atomic E-state index is 12.2. The molecule has 3 N–H and O–H groups in total. The molecule has 3 rings (SSSR count). The molecule has 19 heavy (non-hydrogen) atoms. The van der Waals surface area contributed by atoms with Crippen molar-refractivity contribution in [3.05, 3.63) is 23.8 Å². The summed E-state index contributed by atoms with van der Waals surface area (Å²) < 4.78 is 0.912. The molecule has 1 aliphatic rings. The van der Waals surface area contributed by atoms with Crippen LogP contribution in [-0.2, 0) is 0 Å². The highest BCUT2D eigenvalue weighted by atomic mass is 32.1. The van der Waals surface area contributed by atoms with Crippen molar-refractivity contribution >= 4 is 32.6 Å². The SMILES string of the molecule is CCC1(O)CN(C(=O)c2ccc3nc(N)sc3c2)C1. The normalized spacial score (nSPS) is 17.5. The molecule has 0 saturated carbocycles. The topological polar surface area (TPSA) is 79.5 Å². The van der Waals surface area contributed by atoms with Crippen LogP contribution in [0.25, 0.3) is 10.2 Å². The Kier molecular flexibility index (Phi) is 2.72. The van der Waals surface area contributed by atoms with Crippen molar-refractivity contribution < 1.29 is 9.90 Å². The van der Waals surface area contributed by atoms with Crippen LogP contribution in [0.5, 0.6) is 0 Å². The summed E-state index contributed by atoms with van der Waals surface area (Å²) in [5, 5.41) is 10.4. The Morgan fingerprint density at radius 3 is 3.00 bits per heavy atom. The van der Waals surface area contributed by atoms with Gasteiger partial charge in [-0.3, -0.25) is 4.79 Å². The second-order valence-electron chi connectivity index (χ2n) is 4.97. The van der Waals surface area contributed by atoms with E-state index < -0.39 is 5.60 Å². The van der Waals surface area contributed by atoms with Crippen LogP contribution in [0, 0.1) is 0 Å². The molecule has 2 heterocycles. The summed E-state index contributed by atoms with van der Waals surface area (Å²) in [6.45, 7) is 2.74. The fourth-order valence-electron chi connectivity index (χ4n) is 2.29. The molecule has 1 aliphatic heterocycles. The molecule has 2 aromatic rings. The molecule has 0 radical (unpaired) electrons. The van der Waals surface area contributed by atoms with Crippen molar-refractivity contribution in [1.29, 1.82) is 0 Å². The predicted octanol–water partition coefficient (Wildman–Crippen LogP) is 1.48. The molecular formula is C13H15N3O2S. The van der Waals surface area contributed by atoms with Gasteiger partial charge in [0.15, 0.2) is 5.13 Å². The van der Waals surface area contributed by atoms with E-state index >= 15 is 0 Å². The number of carbonyl (C=O) groups is 1. The molecule has 1 saturated heterocycles. The molecule has 0 aliphatic carbocycles. The lowest BCUT2D eigenvalue weighted by molar-refractivity contribution is -0.0826. The van der Waals surface area contributed by atoms with Gasteiger partial charge in [0.1, 0.15) is 0 Å². The second-order valence-corrected chi connectivity index (χ2v) is 6.04. The number of nitrogen functional groups attached to an aromatic ring is 1. The van der Waals surface area contributed by atoms with Crippen LogP contribution in [0.3, 0.4) is 0 Å². The number of anilines is 1. The minimum Gasteiger partial charge on any atom is -0.386 e. The number of nitrogens with zero attached hydrogens (tertiary/aromatic N) is 2. The fourth-order valence-corrected chi connectivity index (χ4v) is 3.06. The van der Waals surface area contributed by atoms with Crippen LogP contribution in [0.2, 0.25) is 0 Å². The smallest absolute Gasteiger partial charge is 0.254 e. The Morgan fingerprint density at radius 1 is 1.58 bits per heavy atom. The lowest BCUT2D eigenvalue weighted by Gasteiger charge is -2.46. The van der Waals surface area contributed by atoms with Crippen LogP contribution in [0.4, 0.5) is 5.13 Å². The molecule has 1 amide bonds. The number of nitrogens with two attached hydrogens (primary N) is 1. The average molecular weight is 277 g/mol. The van der Waals surface area contributed by atoms with Gasteiger partial charge >= 0.3 is 0 Å². The molecule has 5 nitrogen and oxygen atoms in total. The fraction of sp³-hybridized carbons (Fsp3) is 0.385. The Balaban J connectivity index is 1.82. The molecule has 0 unspecified atom stereocenters. The third-order valence-corrected chi connectivity index (χ3v) is 4.41. The molecule has 6 heteroatoms. The Labute approximate surface area is 114 Å². The van der Waals surface area contributed by atoms with E-state index in [1.165, 1.54) is 11.3 Å². The van der Waals surface area contributed by atoms with E-state index in [9.17, 15) is 9.90 Å². The highest BCUT2D eigenvalue weighted by molar-refractivity contribution is 7.22. The molecule has 1 aromatic carbocycles. The molecule has 0 atom stereocenters. The van der Waals surface area contributed by atoms with Gasteiger partial charge in [-0.05, 0) is 24.6 Å². The number of aromatic nitrogens is 1. The number of fused-ring (bicyclic) bond motifs is 1. The van der Waals surface area contributed by atoms with E-state index in [1.807, 2.05) is 13.0 Å². The number of amides is 1. The molecule has 1 aromatic heterocycles. The number of hydrogen-bond donors (Lipinski definition) is 2. The van der Waals surface area contributed by atoms with Gasteiger partial charge in [0, 0.05) is 5.56 Å². The van der Waals surface area contributed by atoms with Gasteiger partial charge in [0.25, 0.3) is 5.91 Å². The summed E-state index contributed by atoms with van der Waals surface area (Å²) in [5.41, 5.74) is 6.38. The standard InChI is InChI=1S/C13H15N3O2S/c1-2-13(18)6-16(7-13)11(17)8-3-4-9-10(5-8)19-12(14)15-9/h3-5,18H,2,6-7H2,1H3,(H2,14,15). The van der Waals surface area contributed by atoms with Crippen molar-refractivity contribution in [2.45, 2.75) is 18.9 Å². The van der Waals surface area contributed by atoms with Gasteiger partial charge in [-0.1, -0.05) is 18.3 Å². The summed E-state index contributed by atoms with van der Waals surface area (Å²) in [7, 11) is 0. The predicted molar refractivity (Wildman–Crippen MR) is 75.2 cm³/mol. The summed E-state index contributed by atoms with van der Waals surface area (Å²) in [6, 6.07) is 5.38. The number of aliphatic hydroxyl groups is 1. The molecule has 100 valence electrons. The summed E-state index contributed by atoms with van der Waals surface area (Å²) in [6.07, 6.45) is 0.668. The first-order chi connectivity index (χ1) is 9.00. The molecular weight excluding hydrogens is 262 g/mol. The van der Waals surface area contributed by atoms with E-state index in [2.05, 4.69) is 4.98 Å². The minimum atomic E-state index is -0.700. The van der Waals surface area contributed by atoms with Crippen molar-refractivity contribution in [2.24, 2.45) is 0 Å². The zero-order valence-electron chi connectivity index (χ0n) is 10.6. The third-order valence-electron chi connectivity index (χ3n) is 3.57. The minimum absolute atomic E-state index is 0.0491. The van der Waals surface area contributed by atoms with Crippen molar-refractivity contribution in [1.82, 2.24) is 9.88 Å². The number of carbonyl (C=O) groups excluding carboxylic acids is 1. The molecule has 0 spiro atoms. The first-order valence-corrected chi connectivity index (χ1v) is 7.00. The van der Waals surface area contributed by atoms with Gasteiger partial charge in [0.2, 0.25) is 0 Å². The van der Waals surface area contributed by atoms with Gasteiger partial charge in [0.05, 0.1) is 28.9 Å². The van der Waals surface area contributed by atoms with E-state index in [-0.39, 0.29) is 5.91 Å². The lowest BCUT2D eigenvalue weighted by Crippen LogP contribution is -2.63. The number of rotatable bonds is 2. The summed E-state index contributed by atoms with van der Waals surface area (Å²) in [4.78, 5) is 18.1. The largest absolute Gasteiger partial charge is 0.386 e. The zero-order valence-corrected chi connectivity index (χ0v) is 11.4. The monoisotopic (exact) mass is 277 g/mol. The van der Waals surface area contributed by atoms with Crippen LogP contribution in [0.1, 0.15) is 23.7 Å². The van der Waals surface area contributed by atoms with Gasteiger partial charge in [-0.15, -0.1) is 0 Å². The Hall–Kier alpha value is -1.66. The number of β-amino-alcohol motifs (C(OH)–C–C–N with tert-alkyl or cyclic N) is 1. The molecule has 1 fully saturated rings. The maximum atomic E-state index is 12.2. The van der Waals surface area contributed by atoms with Crippen LogP contribution in [0.15, 0.2) is 18.2 Å². The van der Waals surface area contributed by atoms with E-state index in [0.29, 0.717) is 30.2 Å². The van der Waals surface area contributed by atoms with E-state index in [1.54, 1.807) is 17.0 Å². The zero-order chi connectivity index (χ0) is 13.6. The van der Waals surface area contributed by atoms with E-state index in [4.69, 9.17) is 5.73 Å². The number of benzene rings is 1. The second kappa shape index (κ2) is 4.18. The number of likely N-dealkylation sites (tertiary alicyclic amines) is 1. The van der Waals surface area contributed by atoms with Crippen LogP contribution >= 0.6 is 11.3 Å². The highest BCUT2D eigenvalue weighted by Gasteiger charge is 2.42. The number of hydrogen-bond acceptors (Lipinski definition) is 5. The Bertz CT molecular complexity index is 646. The van der Waals surface area contributed by atoms with Crippen molar-refractivity contribution in [3.8, 4) is 0 Å². The van der Waals surface area contributed by atoms with Crippen molar-refractivity contribution in [2.75, 3.05) is 18.8 Å². The molecule has 0 bridgehead atoms. The maximum Gasteiger partial charge on any atom is 0.254 e. The number of thiazole rings is 1. The van der Waals surface area contributed by atoms with Gasteiger partial charge < -0.3 is 15.7 Å². The quantitative estimate of drug-likeness (QED) is 0.871. The summed E-state index contributed by atoms with van der Waals surface area (Å²) in [5.74, 6) is -0.0491. The van der Waals surface area contributed by atoms with Crippen LogP contribution < -0.4 is 5.73 Å². The van der Waals surface area contributed by atoms with E-state index in [0.717, 1.165) is 10.2 Å². The van der Waals surface area contributed by atoms with Crippen molar-refractivity contribution in [3.63, 3.8) is 0 Å². The summed E-state index contributed by atoms with van der Waals surface area (Å²) >= 11 is 1.37. The average Bonchev–Trinajstić information content (AvgIpc) is 2.73. The first-order valence-electron chi connectivity index (χ1n) is 6.18. The van der Waals surface area contributed by atoms with Gasteiger partial charge in [-0.2, -0.15) is 0 Å². The lowest BCUT2D eigenvalue weighted by atomic mass is 9.90. The Morgan fingerprint density at radius 2 is 2.32 bits per heavy atom. The first kappa shape index (κ1) is 12.4. The van der Waals surface area contributed by atoms with Crippen LogP contribution in [-0.4, -0.2) is 39.6 Å². The van der Waals surface area contributed by atoms with Gasteiger partial charge in [-0.25, -0.2) is 4.98 Å².